The van der Waals surface area contributed by atoms with Gasteiger partial charge >= 0.3 is 0 Å². The number of nitrogens with one attached hydrogen (secondary N) is 2. The fourth-order valence-corrected chi connectivity index (χ4v) is 3.38. The molecule has 1 aromatic heterocycles. The largest absolute Gasteiger partial charge is 0.379 e. The molecule has 1 unspecified atom stereocenters. The van der Waals surface area contributed by atoms with Gasteiger partial charge in [-0.1, -0.05) is 6.92 Å². The van der Waals surface area contributed by atoms with Gasteiger partial charge in [-0.3, -0.25) is 9.89 Å². The molecule has 2 heterocycles. The Hall–Kier alpha value is -0.380. The lowest BCUT2D eigenvalue weighted by molar-refractivity contribution is 0.0320. The van der Waals surface area contributed by atoms with Crippen molar-refractivity contribution < 1.29 is 4.74 Å². The Kier molecular flexibility index (Phi) is 10.1. The minimum absolute atomic E-state index is 0. The maximum absolute atomic E-state index is 5.39. The maximum Gasteiger partial charge on any atom is 0.191 e. The number of hydrogen-bond acceptors (Lipinski definition) is 4. The van der Waals surface area contributed by atoms with Gasteiger partial charge in [0, 0.05) is 38.1 Å². The lowest BCUT2D eigenvalue weighted by Crippen LogP contribution is -2.43. The summed E-state index contributed by atoms with van der Waals surface area (Å²) in [5.74, 6) is 1.46. The molecular formula is C16H29IN4OS. The van der Waals surface area contributed by atoms with Crippen LogP contribution in [-0.4, -0.2) is 57.3 Å². The van der Waals surface area contributed by atoms with E-state index in [4.69, 9.17) is 4.74 Å². The van der Waals surface area contributed by atoms with Gasteiger partial charge in [0.2, 0.25) is 0 Å². The molecule has 0 spiro atoms. The second-order valence-corrected chi connectivity index (χ2v) is 6.85. The first-order valence-corrected chi connectivity index (χ1v) is 8.84. The molecule has 0 saturated carbocycles. The van der Waals surface area contributed by atoms with E-state index in [0.29, 0.717) is 5.92 Å². The molecule has 1 aliphatic heterocycles. The lowest BCUT2D eigenvalue weighted by atomic mass is 10.1. The highest BCUT2D eigenvalue weighted by Gasteiger charge is 2.14. The first kappa shape index (κ1) is 20.7. The van der Waals surface area contributed by atoms with Gasteiger partial charge in [0.1, 0.15) is 0 Å². The Morgan fingerprint density at radius 3 is 2.74 bits per heavy atom. The van der Waals surface area contributed by atoms with E-state index in [1.165, 1.54) is 10.4 Å². The van der Waals surface area contributed by atoms with Crippen LogP contribution in [-0.2, 0) is 11.3 Å². The van der Waals surface area contributed by atoms with E-state index in [0.717, 1.165) is 51.9 Å². The van der Waals surface area contributed by atoms with Crippen LogP contribution in [0.25, 0.3) is 0 Å². The second-order valence-electron chi connectivity index (χ2n) is 5.85. The molecule has 2 N–H and O–H groups in total. The molecule has 0 aliphatic carbocycles. The Bertz CT molecular complexity index is 474. The van der Waals surface area contributed by atoms with Crippen LogP contribution in [0.4, 0.5) is 0 Å². The van der Waals surface area contributed by atoms with Crippen molar-refractivity contribution in [2.45, 2.75) is 20.4 Å². The molecule has 0 amide bonds. The number of hydrogen-bond donors (Lipinski definition) is 2. The quantitative estimate of drug-likeness (QED) is 0.395. The Balaban J connectivity index is 0.00000264. The van der Waals surface area contributed by atoms with E-state index in [2.05, 4.69) is 45.8 Å². The van der Waals surface area contributed by atoms with Crippen molar-refractivity contribution in [3.8, 4) is 0 Å². The van der Waals surface area contributed by atoms with E-state index in [-0.39, 0.29) is 24.0 Å². The summed E-state index contributed by atoms with van der Waals surface area (Å²) in [4.78, 5) is 8.14. The van der Waals surface area contributed by atoms with E-state index in [1.54, 1.807) is 11.3 Å². The topological polar surface area (TPSA) is 48.9 Å². The van der Waals surface area contributed by atoms with E-state index >= 15 is 0 Å². The highest BCUT2D eigenvalue weighted by Crippen LogP contribution is 2.14. The number of guanidine groups is 1. The molecule has 0 aromatic carbocycles. The summed E-state index contributed by atoms with van der Waals surface area (Å²) >= 11 is 1.79. The standard InChI is InChI=1S/C16H28N4OS.HI/c1-13(12-20-5-7-21-8-6-20)10-18-16(17-3)19-11-15-14(2)4-9-22-15;/h4,9,13H,5-8,10-12H2,1-3H3,(H2,17,18,19);1H. The van der Waals surface area contributed by atoms with Crippen molar-refractivity contribution in [1.82, 2.24) is 15.5 Å². The SMILES string of the molecule is CN=C(NCc1sccc1C)NCC(C)CN1CCOCC1.I. The summed E-state index contributed by atoms with van der Waals surface area (Å²) in [5.41, 5.74) is 1.34. The summed E-state index contributed by atoms with van der Waals surface area (Å²) in [6.45, 7) is 11.1. The molecule has 1 fully saturated rings. The summed E-state index contributed by atoms with van der Waals surface area (Å²) in [5, 5.41) is 8.95. The molecule has 0 radical (unpaired) electrons. The van der Waals surface area contributed by atoms with Crippen molar-refractivity contribution in [2.75, 3.05) is 46.4 Å². The summed E-state index contributed by atoms with van der Waals surface area (Å²) < 4.78 is 5.39. The van der Waals surface area contributed by atoms with Gasteiger partial charge in [0.05, 0.1) is 19.8 Å². The molecule has 1 atom stereocenters. The first-order valence-electron chi connectivity index (χ1n) is 7.96. The third kappa shape index (κ3) is 7.36. The van der Waals surface area contributed by atoms with E-state index in [9.17, 15) is 0 Å². The van der Waals surface area contributed by atoms with Gasteiger partial charge in [-0.2, -0.15) is 0 Å². The first-order chi connectivity index (χ1) is 10.7. The molecule has 1 aliphatic rings. The Labute approximate surface area is 160 Å². The summed E-state index contributed by atoms with van der Waals surface area (Å²) in [6, 6.07) is 2.16. The zero-order valence-electron chi connectivity index (χ0n) is 14.3. The zero-order chi connectivity index (χ0) is 15.8. The average molecular weight is 452 g/mol. The van der Waals surface area contributed by atoms with Crippen molar-refractivity contribution in [2.24, 2.45) is 10.9 Å². The zero-order valence-corrected chi connectivity index (χ0v) is 17.4. The van der Waals surface area contributed by atoms with Gasteiger partial charge in [-0.05, 0) is 29.9 Å². The number of thiophene rings is 1. The summed E-state index contributed by atoms with van der Waals surface area (Å²) in [7, 11) is 1.82. The predicted octanol–water partition coefficient (Wildman–Crippen LogP) is 2.31. The average Bonchev–Trinajstić information content (AvgIpc) is 2.94. The number of rotatable bonds is 6. The van der Waals surface area contributed by atoms with Crippen LogP contribution in [0.1, 0.15) is 17.4 Å². The molecule has 132 valence electrons. The van der Waals surface area contributed by atoms with Crippen LogP contribution in [0.15, 0.2) is 16.4 Å². The Morgan fingerprint density at radius 2 is 2.13 bits per heavy atom. The molecule has 0 bridgehead atoms. The monoisotopic (exact) mass is 452 g/mol. The third-order valence-corrected chi connectivity index (χ3v) is 4.92. The van der Waals surface area contributed by atoms with Crippen molar-refractivity contribution in [1.29, 1.82) is 0 Å². The van der Waals surface area contributed by atoms with Crippen LogP contribution in [0.3, 0.4) is 0 Å². The molecule has 1 saturated heterocycles. The van der Waals surface area contributed by atoms with Crippen LogP contribution < -0.4 is 10.6 Å². The maximum atomic E-state index is 5.39. The van der Waals surface area contributed by atoms with Crippen LogP contribution in [0.2, 0.25) is 0 Å². The predicted molar refractivity (Wildman–Crippen MR) is 109 cm³/mol. The number of morpholine rings is 1. The minimum Gasteiger partial charge on any atom is -0.379 e. The molecule has 1 aromatic rings. The van der Waals surface area contributed by atoms with Crippen molar-refractivity contribution >= 4 is 41.3 Å². The minimum atomic E-state index is 0. The fraction of sp³-hybridized carbons (Fsp3) is 0.688. The second kappa shape index (κ2) is 11.2. The molecule has 2 rings (SSSR count). The van der Waals surface area contributed by atoms with Gasteiger partial charge < -0.3 is 15.4 Å². The number of halogens is 1. The van der Waals surface area contributed by atoms with Gasteiger partial charge in [-0.25, -0.2) is 0 Å². The van der Waals surface area contributed by atoms with Gasteiger partial charge in [-0.15, -0.1) is 35.3 Å². The highest BCUT2D eigenvalue weighted by atomic mass is 127. The van der Waals surface area contributed by atoms with Gasteiger partial charge in [0.25, 0.3) is 0 Å². The normalized spacial score (nSPS) is 17.4. The smallest absolute Gasteiger partial charge is 0.191 e. The van der Waals surface area contributed by atoms with Crippen LogP contribution in [0, 0.1) is 12.8 Å². The molecule has 7 heteroatoms. The molecular weight excluding hydrogens is 423 g/mol. The van der Waals surface area contributed by atoms with E-state index in [1.807, 2.05) is 7.05 Å². The Morgan fingerprint density at radius 1 is 1.39 bits per heavy atom. The highest BCUT2D eigenvalue weighted by molar-refractivity contribution is 14.0. The van der Waals surface area contributed by atoms with Crippen molar-refractivity contribution in [3.63, 3.8) is 0 Å². The fourth-order valence-electron chi connectivity index (χ4n) is 2.53. The summed E-state index contributed by atoms with van der Waals surface area (Å²) in [6.07, 6.45) is 0. The number of aliphatic imine (C=N–C) groups is 1. The number of ether oxygens (including phenoxy) is 1. The van der Waals surface area contributed by atoms with Crippen molar-refractivity contribution in [3.05, 3.63) is 21.9 Å². The third-order valence-electron chi connectivity index (χ3n) is 3.90. The van der Waals surface area contributed by atoms with Crippen LogP contribution in [0.5, 0.6) is 0 Å². The van der Waals surface area contributed by atoms with Crippen LogP contribution >= 0.6 is 35.3 Å². The molecule has 23 heavy (non-hydrogen) atoms. The number of aryl methyl sites for hydroxylation is 1. The lowest BCUT2D eigenvalue weighted by Gasteiger charge is -2.29. The number of nitrogens with zero attached hydrogens (tertiary/aromatic N) is 2. The van der Waals surface area contributed by atoms with E-state index < -0.39 is 0 Å². The molecule has 5 nitrogen and oxygen atoms in total. The van der Waals surface area contributed by atoms with Gasteiger partial charge in [0.15, 0.2) is 5.96 Å².